The van der Waals surface area contributed by atoms with Crippen LogP contribution in [0.25, 0.3) is 11.2 Å². The van der Waals surface area contributed by atoms with Crippen molar-refractivity contribution in [1.82, 2.24) is 19.9 Å². The maximum absolute atomic E-state index is 11.1. The maximum Gasteiger partial charge on any atom is 0.278 e. The van der Waals surface area contributed by atoms with Crippen LogP contribution in [0.4, 0.5) is 5.95 Å². The predicted molar refractivity (Wildman–Crippen MR) is 71.1 cm³/mol. The van der Waals surface area contributed by atoms with Gasteiger partial charge in [0.2, 0.25) is 0 Å². The number of nitrogens with one attached hydrogen (secondary N) is 2. The highest BCUT2D eigenvalue weighted by Crippen LogP contribution is 2.14. The lowest BCUT2D eigenvalue weighted by atomic mass is 10.3. The van der Waals surface area contributed by atoms with Crippen LogP contribution in [0.1, 0.15) is 19.3 Å². The molecular formula is C10H13N5O2S. The van der Waals surface area contributed by atoms with Crippen molar-refractivity contribution >= 4 is 28.9 Å². The lowest BCUT2D eigenvalue weighted by Gasteiger charge is -2.05. The lowest BCUT2D eigenvalue weighted by molar-refractivity contribution is 0.764. The van der Waals surface area contributed by atoms with Crippen LogP contribution in [0, 0.1) is 4.91 Å². The zero-order valence-electron chi connectivity index (χ0n) is 9.68. The van der Waals surface area contributed by atoms with Crippen molar-refractivity contribution in [3.05, 3.63) is 21.6 Å². The fraction of sp³-hybridized carbons (Fsp3) is 0.500. The molecule has 0 aromatic carbocycles. The van der Waals surface area contributed by atoms with Gasteiger partial charge >= 0.3 is 0 Å². The van der Waals surface area contributed by atoms with E-state index in [0.717, 1.165) is 0 Å². The van der Waals surface area contributed by atoms with Gasteiger partial charge in [0.05, 0.1) is 6.33 Å². The number of nitrogens with zero attached hydrogens (tertiary/aromatic N) is 3. The smallest absolute Gasteiger partial charge is 0.278 e. The van der Waals surface area contributed by atoms with E-state index in [9.17, 15) is 9.70 Å². The van der Waals surface area contributed by atoms with E-state index in [4.69, 9.17) is 0 Å². The van der Waals surface area contributed by atoms with Crippen molar-refractivity contribution in [3.8, 4) is 0 Å². The molecule has 3 rings (SSSR count). The van der Waals surface area contributed by atoms with Crippen molar-refractivity contribution in [3.63, 3.8) is 0 Å². The third-order valence-corrected chi connectivity index (χ3v) is 3.60. The minimum atomic E-state index is -0.452. The number of rotatable bonds is 1. The Bertz CT molecular complexity index is 563. The van der Waals surface area contributed by atoms with E-state index in [2.05, 4.69) is 36.9 Å². The number of hydrogen-bond donors (Lipinski definition) is 2. The number of hydrogen-bond acceptors (Lipinski definition) is 6. The molecule has 1 saturated heterocycles. The summed E-state index contributed by atoms with van der Waals surface area (Å²) >= 11 is 2.09. The van der Waals surface area contributed by atoms with Gasteiger partial charge in [-0.2, -0.15) is 16.7 Å². The first-order valence-electron chi connectivity index (χ1n) is 5.66. The van der Waals surface area contributed by atoms with Gasteiger partial charge in [0.25, 0.3) is 11.5 Å². The molecule has 0 atom stereocenters. The third kappa shape index (κ3) is 3.16. The summed E-state index contributed by atoms with van der Waals surface area (Å²) in [5.74, 6) is 2.57. The van der Waals surface area contributed by atoms with Gasteiger partial charge in [-0.25, -0.2) is 4.98 Å². The molecule has 1 aliphatic heterocycles. The number of aromatic nitrogens is 4. The fourth-order valence-electron chi connectivity index (χ4n) is 1.56. The van der Waals surface area contributed by atoms with E-state index in [1.807, 2.05) is 0 Å². The Hall–Kier alpha value is -1.70. The van der Waals surface area contributed by atoms with E-state index >= 15 is 0 Å². The van der Waals surface area contributed by atoms with Gasteiger partial charge in [0.1, 0.15) is 0 Å². The van der Waals surface area contributed by atoms with E-state index in [1.165, 1.54) is 37.1 Å². The molecule has 0 saturated carbocycles. The SMILES string of the molecule is C1CCSCC1.O=Nc1nc2nc[nH]c2c(=O)[nH]1. The first kappa shape index (κ1) is 12.7. The summed E-state index contributed by atoms with van der Waals surface area (Å²) in [6, 6.07) is 0. The molecule has 8 heteroatoms. The Labute approximate surface area is 107 Å². The van der Waals surface area contributed by atoms with Gasteiger partial charge < -0.3 is 4.98 Å². The van der Waals surface area contributed by atoms with Gasteiger partial charge in [0, 0.05) is 5.18 Å². The first-order chi connectivity index (χ1) is 8.81. The summed E-state index contributed by atoms with van der Waals surface area (Å²) in [6.45, 7) is 0. The Morgan fingerprint density at radius 3 is 2.61 bits per heavy atom. The average molecular weight is 267 g/mol. The van der Waals surface area contributed by atoms with Crippen LogP contribution in [0.5, 0.6) is 0 Å². The van der Waals surface area contributed by atoms with E-state index in [0.29, 0.717) is 0 Å². The number of H-pyrrole nitrogens is 2. The Morgan fingerprint density at radius 2 is 2.06 bits per heavy atom. The lowest BCUT2D eigenvalue weighted by Crippen LogP contribution is -2.06. The van der Waals surface area contributed by atoms with Crippen LogP contribution in [-0.2, 0) is 0 Å². The van der Waals surface area contributed by atoms with E-state index in [1.54, 1.807) is 0 Å². The molecule has 0 bridgehead atoms. The van der Waals surface area contributed by atoms with Crippen molar-refractivity contribution in [2.24, 2.45) is 5.18 Å². The molecule has 0 spiro atoms. The van der Waals surface area contributed by atoms with Gasteiger partial charge in [0.15, 0.2) is 11.2 Å². The van der Waals surface area contributed by atoms with Gasteiger partial charge in [-0.05, 0) is 24.3 Å². The van der Waals surface area contributed by atoms with Crippen molar-refractivity contribution in [1.29, 1.82) is 0 Å². The monoisotopic (exact) mass is 267 g/mol. The van der Waals surface area contributed by atoms with Crippen LogP contribution in [0.15, 0.2) is 16.3 Å². The minimum Gasteiger partial charge on any atom is -0.339 e. The zero-order chi connectivity index (χ0) is 12.8. The highest BCUT2D eigenvalue weighted by Gasteiger charge is 2.04. The Balaban J connectivity index is 0.000000169. The van der Waals surface area contributed by atoms with Gasteiger partial charge in [-0.1, -0.05) is 6.42 Å². The van der Waals surface area contributed by atoms with Gasteiger partial charge in [-0.3, -0.25) is 9.78 Å². The first-order valence-corrected chi connectivity index (χ1v) is 6.81. The molecule has 1 fully saturated rings. The molecule has 2 N–H and O–H groups in total. The number of thioether (sulfide) groups is 1. The quantitative estimate of drug-likeness (QED) is 0.768. The molecule has 1 aliphatic rings. The number of nitroso groups, excluding NO2 is 1. The summed E-state index contributed by atoms with van der Waals surface area (Å²) < 4.78 is 0. The maximum atomic E-state index is 11.1. The molecule has 0 unspecified atom stereocenters. The summed E-state index contributed by atoms with van der Waals surface area (Å²) in [4.78, 5) is 33.1. The highest BCUT2D eigenvalue weighted by atomic mass is 32.2. The number of imidazole rings is 1. The summed E-state index contributed by atoms with van der Waals surface area (Å²) in [6.07, 6.45) is 5.73. The highest BCUT2D eigenvalue weighted by molar-refractivity contribution is 7.99. The second-order valence-electron chi connectivity index (χ2n) is 3.75. The fourth-order valence-corrected chi connectivity index (χ4v) is 2.58. The van der Waals surface area contributed by atoms with Crippen molar-refractivity contribution in [2.75, 3.05) is 11.5 Å². The molecular weight excluding hydrogens is 254 g/mol. The summed E-state index contributed by atoms with van der Waals surface area (Å²) in [5.41, 5.74) is -0.0251. The van der Waals surface area contributed by atoms with Crippen LogP contribution in [0.3, 0.4) is 0 Å². The summed E-state index contributed by atoms with van der Waals surface area (Å²) in [5, 5.41) is 2.49. The van der Waals surface area contributed by atoms with E-state index < -0.39 is 5.56 Å². The standard InChI is InChI=1S/C5H3N5O2.C5H10S/c11-4-2-3(7-1-6-2)8-5(9-4)10-12;1-2-4-6-5-3-1/h1H,(H2,6,7,8,9,11);1-5H2. The Kier molecular flexibility index (Phi) is 4.46. The third-order valence-electron chi connectivity index (χ3n) is 2.45. The van der Waals surface area contributed by atoms with Gasteiger partial charge in [-0.15, -0.1) is 4.91 Å². The van der Waals surface area contributed by atoms with Crippen LogP contribution in [0.2, 0.25) is 0 Å². The molecule has 18 heavy (non-hydrogen) atoms. The predicted octanol–water partition coefficient (Wildman–Crippen LogP) is 1.95. The van der Waals surface area contributed by atoms with Crippen molar-refractivity contribution < 1.29 is 0 Å². The molecule has 96 valence electrons. The second kappa shape index (κ2) is 6.29. The van der Waals surface area contributed by atoms with Crippen LogP contribution >= 0.6 is 11.8 Å². The summed E-state index contributed by atoms with van der Waals surface area (Å²) in [7, 11) is 0. The molecule has 0 radical (unpaired) electrons. The van der Waals surface area contributed by atoms with E-state index in [-0.39, 0.29) is 17.1 Å². The topological polar surface area (TPSA) is 104 Å². The Morgan fingerprint density at radius 1 is 1.28 bits per heavy atom. The molecule has 7 nitrogen and oxygen atoms in total. The molecule has 2 aromatic rings. The number of fused-ring (bicyclic) bond motifs is 1. The van der Waals surface area contributed by atoms with Crippen LogP contribution in [-0.4, -0.2) is 31.4 Å². The van der Waals surface area contributed by atoms with Crippen LogP contribution < -0.4 is 5.56 Å². The minimum absolute atomic E-state index is 0.188. The molecule has 3 heterocycles. The normalized spacial score (nSPS) is 14.9. The zero-order valence-corrected chi connectivity index (χ0v) is 10.5. The average Bonchev–Trinajstić information content (AvgIpc) is 2.90. The van der Waals surface area contributed by atoms with Crippen molar-refractivity contribution in [2.45, 2.75) is 19.3 Å². The molecule has 0 amide bonds. The largest absolute Gasteiger partial charge is 0.339 e. The number of aromatic amines is 2. The molecule has 0 aliphatic carbocycles. The second-order valence-corrected chi connectivity index (χ2v) is 4.98. The molecule has 2 aromatic heterocycles.